The molecule has 0 atom stereocenters. The normalized spacial score (nSPS) is 23.9. The van der Waals surface area contributed by atoms with Crippen molar-refractivity contribution in [1.29, 1.82) is 5.26 Å². The number of hydrogen-bond acceptors (Lipinski definition) is 4. The number of phenolic OH excluding ortho intramolecular Hbond substituents is 1. The van der Waals surface area contributed by atoms with E-state index in [9.17, 15) is 5.11 Å². The van der Waals surface area contributed by atoms with Crippen LogP contribution in [0.2, 0.25) is 0 Å². The predicted molar refractivity (Wildman–Crippen MR) is 55.3 cm³/mol. The van der Waals surface area contributed by atoms with Crippen LogP contribution in [0.4, 0.5) is 5.69 Å². The maximum atomic E-state index is 9.21. The van der Waals surface area contributed by atoms with Crippen LogP contribution in [0, 0.1) is 17.2 Å². The van der Waals surface area contributed by atoms with E-state index in [-0.39, 0.29) is 17.8 Å². The maximum absolute atomic E-state index is 9.21. The summed E-state index contributed by atoms with van der Waals surface area (Å²) >= 11 is 0. The van der Waals surface area contributed by atoms with Gasteiger partial charge in [-0.2, -0.15) is 5.26 Å². The second kappa shape index (κ2) is 3.70. The van der Waals surface area contributed by atoms with Crippen LogP contribution in [0.1, 0.15) is 12.8 Å². The molecule has 1 aliphatic rings. The Morgan fingerprint density at radius 2 is 2.20 bits per heavy atom. The van der Waals surface area contributed by atoms with E-state index in [0.717, 1.165) is 12.8 Å². The molecule has 0 saturated heterocycles. The van der Waals surface area contributed by atoms with Crippen molar-refractivity contribution in [2.24, 2.45) is 5.92 Å². The van der Waals surface area contributed by atoms with Crippen LogP contribution in [-0.4, -0.2) is 11.2 Å². The molecule has 3 N–H and O–H groups in total. The van der Waals surface area contributed by atoms with Gasteiger partial charge in [0.15, 0.2) is 0 Å². The van der Waals surface area contributed by atoms with Gasteiger partial charge in [0.05, 0.1) is 17.7 Å². The minimum absolute atomic E-state index is 0.0610. The SMILES string of the molecule is N#C[C@H]1C[C@@H](Oc2ccc(O)c(N)c2)C1. The first-order chi connectivity index (χ1) is 7.19. The predicted octanol–water partition coefficient (Wildman–Crippen LogP) is 1.66. The minimum Gasteiger partial charge on any atom is -0.506 e. The van der Waals surface area contributed by atoms with E-state index in [1.807, 2.05) is 0 Å². The lowest BCUT2D eigenvalue weighted by Crippen LogP contribution is -2.32. The van der Waals surface area contributed by atoms with Gasteiger partial charge in [0.25, 0.3) is 0 Å². The smallest absolute Gasteiger partial charge is 0.138 e. The van der Waals surface area contributed by atoms with Crippen LogP contribution in [0.5, 0.6) is 11.5 Å². The summed E-state index contributed by atoms with van der Waals surface area (Å²) in [5, 5.41) is 17.8. The van der Waals surface area contributed by atoms with Crippen molar-refractivity contribution in [3.8, 4) is 17.6 Å². The first kappa shape index (κ1) is 9.66. The fourth-order valence-corrected chi connectivity index (χ4v) is 1.57. The van der Waals surface area contributed by atoms with Crippen molar-refractivity contribution < 1.29 is 9.84 Å². The number of rotatable bonds is 2. The zero-order valence-electron chi connectivity index (χ0n) is 8.18. The van der Waals surface area contributed by atoms with Crippen LogP contribution in [0.3, 0.4) is 0 Å². The van der Waals surface area contributed by atoms with Gasteiger partial charge >= 0.3 is 0 Å². The van der Waals surface area contributed by atoms with Gasteiger partial charge in [-0.1, -0.05) is 0 Å². The van der Waals surface area contributed by atoms with E-state index in [1.165, 1.54) is 6.07 Å². The van der Waals surface area contributed by atoms with Gasteiger partial charge in [-0.15, -0.1) is 0 Å². The first-order valence-electron chi connectivity index (χ1n) is 4.84. The summed E-state index contributed by atoms with van der Waals surface area (Å²) in [5.41, 5.74) is 5.84. The lowest BCUT2D eigenvalue weighted by atomic mass is 9.83. The van der Waals surface area contributed by atoms with E-state index in [0.29, 0.717) is 11.4 Å². The molecule has 0 aliphatic heterocycles. The molecule has 4 nitrogen and oxygen atoms in total. The van der Waals surface area contributed by atoms with Crippen LogP contribution in [-0.2, 0) is 0 Å². The van der Waals surface area contributed by atoms with Crippen molar-refractivity contribution >= 4 is 5.69 Å². The summed E-state index contributed by atoms with van der Waals surface area (Å²) in [4.78, 5) is 0. The van der Waals surface area contributed by atoms with Crippen LogP contribution in [0.25, 0.3) is 0 Å². The largest absolute Gasteiger partial charge is 0.506 e. The molecule has 4 heteroatoms. The Morgan fingerprint density at radius 3 is 2.80 bits per heavy atom. The third kappa shape index (κ3) is 1.96. The van der Waals surface area contributed by atoms with Gasteiger partial charge in [0.2, 0.25) is 0 Å². The Hall–Kier alpha value is -1.89. The topological polar surface area (TPSA) is 79.3 Å². The molecular formula is C11H12N2O2. The van der Waals surface area contributed by atoms with E-state index in [4.69, 9.17) is 15.7 Å². The molecule has 0 amide bonds. The number of nitrogens with two attached hydrogens (primary N) is 1. The Kier molecular flexibility index (Phi) is 2.38. The Labute approximate surface area is 87.9 Å². The number of nitrogen functional groups attached to an aromatic ring is 1. The Morgan fingerprint density at radius 1 is 1.47 bits per heavy atom. The summed E-state index contributed by atoms with van der Waals surface area (Å²) in [5.74, 6) is 0.835. The van der Waals surface area contributed by atoms with Crippen molar-refractivity contribution in [2.45, 2.75) is 18.9 Å². The Balaban J connectivity index is 1.95. The number of nitriles is 1. The van der Waals surface area contributed by atoms with E-state index >= 15 is 0 Å². The molecule has 2 rings (SSSR count). The highest BCUT2D eigenvalue weighted by Crippen LogP contribution is 2.32. The van der Waals surface area contributed by atoms with Crippen molar-refractivity contribution in [3.63, 3.8) is 0 Å². The lowest BCUT2D eigenvalue weighted by molar-refractivity contribution is 0.0893. The Bertz CT molecular complexity index is 406. The van der Waals surface area contributed by atoms with Crippen LogP contribution >= 0.6 is 0 Å². The summed E-state index contributed by atoms with van der Waals surface area (Å²) in [6.45, 7) is 0. The third-order valence-electron chi connectivity index (χ3n) is 2.58. The third-order valence-corrected chi connectivity index (χ3v) is 2.58. The van der Waals surface area contributed by atoms with Gasteiger partial charge in [-0.3, -0.25) is 0 Å². The molecule has 0 unspecified atom stereocenters. The molecular weight excluding hydrogens is 192 g/mol. The van der Waals surface area contributed by atoms with Crippen LogP contribution < -0.4 is 10.5 Å². The van der Waals surface area contributed by atoms with Gasteiger partial charge in [-0.25, -0.2) is 0 Å². The zero-order chi connectivity index (χ0) is 10.8. The molecule has 0 spiro atoms. The molecule has 0 bridgehead atoms. The number of nitrogens with zero attached hydrogens (tertiary/aromatic N) is 1. The highest BCUT2D eigenvalue weighted by molar-refractivity contribution is 5.55. The first-order valence-corrected chi connectivity index (χ1v) is 4.84. The molecule has 15 heavy (non-hydrogen) atoms. The fourth-order valence-electron chi connectivity index (χ4n) is 1.57. The minimum atomic E-state index is 0.0610. The van der Waals surface area contributed by atoms with Crippen molar-refractivity contribution in [3.05, 3.63) is 18.2 Å². The summed E-state index contributed by atoms with van der Waals surface area (Å²) in [6.07, 6.45) is 1.66. The summed E-state index contributed by atoms with van der Waals surface area (Å²) in [7, 11) is 0. The van der Waals surface area contributed by atoms with Gasteiger partial charge in [0.1, 0.15) is 17.6 Å². The molecule has 0 aromatic heterocycles. The summed E-state index contributed by atoms with van der Waals surface area (Å²) < 4.78 is 5.58. The monoisotopic (exact) mass is 204 g/mol. The second-order valence-corrected chi connectivity index (χ2v) is 3.76. The average Bonchev–Trinajstić information content (AvgIpc) is 2.16. The molecule has 0 heterocycles. The molecule has 1 aromatic rings. The number of aromatic hydroxyl groups is 1. The molecule has 0 radical (unpaired) electrons. The highest BCUT2D eigenvalue weighted by Gasteiger charge is 2.30. The molecule has 1 aliphatic carbocycles. The molecule has 1 aromatic carbocycles. The van der Waals surface area contributed by atoms with E-state index in [2.05, 4.69) is 6.07 Å². The lowest BCUT2D eigenvalue weighted by Gasteiger charge is -2.30. The number of phenols is 1. The summed E-state index contributed by atoms with van der Waals surface area (Å²) in [6, 6.07) is 6.96. The van der Waals surface area contributed by atoms with Gasteiger partial charge in [-0.05, 0) is 12.1 Å². The highest BCUT2D eigenvalue weighted by atomic mass is 16.5. The average molecular weight is 204 g/mol. The second-order valence-electron chi connectivity index (χ2n) is 3.76. The zero-order valence-corrected chi connectivity index (χ0v) is 8.18. The molecule has 1 fully saturated rings. The molecule has 78 valence electrons. The number of ether oxygens (including phenoxy) is 1. The quantitative estimate of drug-likeness (QED) is 0.567. The van der Waals surface area contributed by atoms with Gasteiger partial charge in [0, 0.05) is 18.9 Å². The van der Waals surface area contributed by atoms with Crippen LogP contribution in [0.15, 0.2) is 18.2 Å². The number of hydrogen-bond donors (Lipinski definition) is 2. The fraction of sp³-hybridized carbons (Fsp3) is 0.364. The van der Waals surface area contributed by atoms with E-state index < -0.39 is 0 Å². The molecule has 1 saturated carbocycles. The van der Waals surface area contributed by atoms with Gasteiger partial charge < -0.3 is 15.6 Å². The standard InChI is InChI=1S/C11H12N2O2/c12-6-7-3-9(4-7)15-8-1-2-11(14)10(13)5-8/h1-2,5,7,9,14H,3-4,13H2/t7-,9+. The van der Waals surface area contributed by atoms with E-state index in [1.54, 1.807) is 12.1 Å². The number of benzene rings is 1. The number of anilines is 1. The van der Waals surface area contributed by atoms with Crippen molar-refractivity contribution in [1.82, 2.24) is 0 Å². The van der Waals surface area contributed by atoms with Crippen molar-refractivity contribution in [2.75, 3.05) is 5.73 Å². The maximum Gasteiger partial charge on any atom is 0.138 e.